The average Bonchev–Trinajstić information content (AvgIpc) is 3.35. The first-order valence-electron chi connectivity index (χ1n) is 10.3. The van der Waals surface area contributed by atoms with E-state index in [0.717, 1.165) is 11.6 Å². The molecule has 0 atom stereocenters. The van der Waals surface area contributed by atoms with Crippen molar-refractivity contribution in [1.82, 2.24) is 20.2 Å². The van der Waals surface area contributed by atoms with Crippen LogP contribution in [0.4, 0.5) is 0 Å². The number of nitriles is 1. The summed E-state index contributed by atoms with van der Waals surface area (Å²) in [6.07, 6.45) is 3.00. The van der Waals surface area contributed by atoms with Crippen molar-refractivity contribution in [2.75, 3.05) is 33.8 Å². The van der Waals surface area contributed by atoms with Crippen LogP contribution in [0.1, 0.15) is 23.0 Å². The predicted octanol–water partition coefficient (Wildman–Crippen LogP) is 5.03. The Labute approximate surface area is 211 Å². The number of amides is 1. The minimum atomic E-state index is -0.330. The maximum Gasteiger partial charge on any atom is 0.267 e. The Bertz CT molecular complexity index is 1020. The molecule has 0 saturated heterocycles. The summed E-state index contributed by atoms with van der Waals surface area (Å²) in [6.45, 7) is 9.32. The van der Waals surface area contributed by atoms with Crippen molar-refractivity contribution in [2.45, 2.75) is 6.92 Å². The summed E-state index contributed by atoms with van der Waals surface area (Å²) in [6, 6.07) is 14.6. The van der Waals surface area contributed by atoms with Crippen LogP contribution in [-0.4, -0.2) is 59.7 Å². The lowest BCUT2D eigenvalue weighted by molar-refractivity contribution is 0.0940. The van der Waals surface area contributed by atoms with Gasteiger partial charge in [0.05, 0.1) is 12.2 Å². The van der Waals surface area contributed by atoms with E-state index >= 15 is 0 Å². The highest BCUT2D eigenvalue weighted by Crippen LogP contribution is 2.26. The van der Waals surface area contributed by atoms with Gasteiger partial charge in [-0.1, -0.05) is 48.3 Å². The second-order valence-corrected chi connectivity index (χ2v) is 7.46. The standard InChI is InChI=1S/C13H11ClN4O2.C6H5Cl.C4H11N.C2H4/c14-12-4-10(9(5-15)7-18-12)8-3-11(17-6-8)13(20)16-1-2-19;7-6-4-2-1-3-5-6;1-4-5(2)3;1-2/h3-4,6-7,17,19H,1-2H2,(H,16,20);1-5H;4H2,1-3H3;1-2H2. The molecular weight excluding hydrogens is 473 g/mol. The van der Waals surface area contributed by atoms with Crippen LogP contribution < -0.4 is 5.32 Å². The Balaban J connectivity index is 0.000000636. The Morgan fingerprint density at radius 1 is 1.24 bits per heavy atom. The number of carbonyl (C=O) groups is 1. The molecule has 9 heteroatoms. The molecule has 0 unspecified atom stereocenters. The van der Waals surface area contributed by atoms with Crippen LogP contribution in [-0.2, 0) is 0 Å². The molecule has 0 aliphatic heterocycles. The van der Waals surface area contributed by atoms with Crippen molar-refractivity contribution >= 4 is 29.1 Å². The van der Waals surface area contributed by atoms with Gasteiger partial charge in [-0.3, -0.25) is 4.79 Å². The van der Waals surface area contributed by atoms with Crippen LogP contribution in [0, 0.1) is 11.3 Å². The smallest absolute Gasteiger partial charge is 0.267 e. The number of rotatable bonds is 5. The molecule has 0 bridgehead atoms. The highest BCUT2D eigenvalue weighted by molar-refractivity contribution is 6.30. The van der Waals surface area contributed by atoms with Crippen LogP contribution >= 0.6 is 23.2 Å². The predicted molar refractivity (Wildman–Crippen MR) is 140 cm³/mol. The molecule has 1 aromatic carbocycles. The van der Waals surface area contributed by atoms with E-state index in [1.807, 2.05) is 36.4 Å². The zero-order chi connectivity index (χ0) is 25.9. The van der Waals surface area contributed by atoms with E-state index in [1.54, 1.807) is 18.3 Å². The summed E-state index contributed by atoms with van der Waals surface area (Å²) in [5.41, 5.74) is 1.98. The van der Waals surface area contributed by atoms with Crippen LogP contribution in [0.5, 0.6) is 0 Å². The first kappa shape index (κ1) is 30.9. The summed E-state index contributed by atoms with van der Waals surface area (Å²) in [4.78, 5) is 20.5. The third-order valence-corrected chi connectivity index (χ3v) is 4.45. The second kappa shape index (κ2) is 18.3. The Morgan fingerprint density at radius 3 is 2.32 bits per heavy atom. The van der Waals surface area contributed by atoms with Crippen molar-refractivity contribution in [3.63, 3.8) is 0 Å². The zero-order valence-corrected chi connectivity index (χ0v) is 21.2. The number of nitrogens with one attached hydrogen (secondary N) is 2. The fourth-order valence-corrected chi connectivity index (χ4v) is 2.42. The van der Waals surface area contributed by atoms with Gasteiger partial charge in [0.25, 0.3) is 5.91 Å². The minimum absolute atomic E-state index is 0.127. The van der Waals surface area contributed by atoms with Crippen LogP contribution in [0.2, 0.25) is 10.2 Å². The molecule has 3 rings (SSSR count). The lowest BCUT2D eigenvalue weighted by Gasteiger charge is -2.01. The van der Waals surface area contributed by atoms with Gasteiger partial charge in [0.1, 0.15) is 16.9 Å². The Kier molecular flexibility index (Phi) is 16.6. The van der Waals surface area contributed by atoms with Gasteiger partial charge in [-0.05, 0) is 44.9 Å². The molecule has 0 aliphatic carbocycles. The summed E-state index contributed by atoms with van der Waals surface area (Å²) in [5, 5.41) is 21.3. The largest absolute Gasteiger partial charge is 0.395 e. The maximum absolute atomic E-state index is 11.7. The number of carbonyl (C=O) groups excluding carboxylic acids is 1. The molecular formula is C25H31Cl2N5O2. The maximum atomic E-state index is 11.7. The van der Waals surface area contributed by atoms with Gasteiger partial charge in [0, 0.05) is 35.1 Å². The normalized spacial score (nSPS) is 9.24. The van der Waals surface area contributed by atoms with Crippen LogP contribution in [0.3, 0.4) is 0 Å². The fourth-order valence-electron chi connectivity index (χ4n) is 2.12. The van der Waals surface area contributed by atoms with Gasteiger partial charge in [0.15, 0.2) is 0 Å². The fraction of sp³-hybridized carbons (Fsp3) is 0.240. The quantitative estimate of drug-likeness (QED) is 0.334. The molecule has 3 N–H and O–H groups in total. The Hall–Kier alpha value is -3.15. The second-order valence-electron chi connectivity index (χ2n) is 6.64. The molecule has 2 aromatic heterocycles. The monoisotopic (exact) mass is 503 g/mol. The van der Waals surface area contributed by atoms with E-state index in [2.05, 4.69) is 54.4 Å². The molecule has 0 saturated carbocycles. The molecule has 2 heterocycles. The van der Waals surface area contributed by atoms with Crippen molar-refractivity contribution < 1.29 is 9.90 Å². The number of halogens is 2. The number of aliphatic hydroxyl groups is 1. The van der Waals surface area contributed by atoms with E-state index in [-0.39, 0.29) is 24.2 Å². The molecule has 0 spiro atoms. The summed E-state index contributed by atoms with van der Waals surface area (Å²) in [5.74, 6) is -0.330. The molecule has 3 aromatic rings. The highest BCUT2D eigenvalue weighted by Gasteiger charge is 2.12. The average molecular weight is 504 g/mol. The summed E-state index contributed by atoms with van der Waals surface area (Å²) >= 11 is 11.4. The molecule has 0 aliphatic rings. The summed E-state index contributed by atoms with van der Waals surface area (Å²) in [7, 11) is 4.11. The van der Waals surface area contributed by atoms with Crippen molar-refractivity contribution in [2.24, 2.45) is 0 Å². The third kappa shape index (κ3) is 12.2. The molecule has 0 radical (unpaired) electrons. The molecule has 7 nitrogen and oxygen atoms in total. The van der Waals surface area contributed by atoms with Gasteiger partial charge in [-0.2, -0.15) is 5.26 Å². The van der Waals surface area contributed by atoms with E-state index in [4.69, 9.17) is 33.6 Å². The van der Waals surface area contributed by atoms with Crippen molar-refractivity contribution in [1.29, 1.82) is 5.26 Å². The van der Waals surface area contributed by atoms with Crippen molar-refractivity contribution in [3.8, 4) is 17.2 Å². The number of hydrogen-bond acceptors (Lipinski definition) is 5. The minimum Gasteiger partial charge on any atom is -0.395 e. The first-order chi connectivity index (χ1) is 16.3. The van der Waals surface area contributed by atoms with Gasteiger partial charge in [0.2, 0.25) is 0 Å². The lowest BCUT2D eigenvalue weighted by Crippen LogP contribution is -2.26. The number of H-pyrrole nitrogens is 1. The van der Waals surface area contributed by atoms with E-state index < -0.39 is 0 Å². The van der Waals surface area contributed by atoms with E-state index in [0.29, 0.717) is 22.4 Å². The number of benzene rings is 1. The number of aromatic amines is 1. The van der Waals surface area contributed by atoms with E-state index in [1.165, 1.54) is 6.20 Å². The first-order valence-corrected chi connectivity index (χ1v) is 11.1. The number of pyridine rings is 1. The van der Waals surface area contributed by atoms with Crippen molar-refractivity contribution in [3.05, 3.63) is 89.4 Å². The van der Waals surface area contributed by atoms with E-state index in [9.17, 15) is 4.79 Å². The molecule has 182 valence electrons. The summed E-state index contributed by atoms with van der Waals surface area (Å²) < 4.78 is 0. The number of aromatic nitrogens is 2. The van der Waals surface area contributed by atoms with Crippen LogP contribution in [0.15, 0.2) is 68.0 Å². The third-order valence-electron chi connectivity index (χ3n) is 3.99. The van der Waals surface area contributed by atoms with Crippen LogP contribution in [0.25, 0.3) is 11.1 Å². The highest BCUT2D eigenvalue weighted by atomic mass is 35.5. The lowest BCUT2D eigenvalue weighted by atomic mass is 10.1. The number of hydrogen-bond donors (Lipinski definition) is 3. The number of aliphatic hydroxyl groups excluding tert-OH is 1. The topological polar surface area (TPSA) is 105 Å². The van der Waals surface area contributed by atoms with Gasteiger partial charge in [-0.15, -0.1) is 13.2 Å². The molecule has 1 amide bonds. The van der Waals surface area contributed by atoms with Gasteiger partial charge in [-0.25, -0.2) is 4.98 Å². The number of nitrogens with zero attached hydrogens (tertiary/aromatic N) is 3. The SMILES string of the molecule is C=C.CCN(C)C.Clc1ccccc1.N#Cc1cnc(Cl)cc1-c1c[nH]c(C(=O)NCCO)c1. The zero-order valence-electron chi connectivity index (χ0n) is 19.7. The van der Waals surface area contributed by atoms with Gasteiger partial charge < -0.3 is 20.3 Å². The molecule has 34 heavy (non-hydrogen) atoms. The van der Waals surface area contributed by atoms with Gasteiger partial charge >= 0.3 is 0 Å². The Morgan fingerprint density at radius 2 is 1.85 bits per heavy atom. The molecule has 0 fully saturated rings.